The molecule has 1 nitrogen and oxygen atoms in total. The van der Waals surface area contributed by atoms with Crippen LogP contribution in [-0.2, 0) is 6.42 Å². The molecule has 16 heavy (non-hydrogen) atoms. The summed E-state index contributed by atoms with van der Waals surface area (Å²) in [5.74, 6) is 0. The Kier molecular flexibility index (Phi) is 5.00. The van der Waals surface area contributed by atoms with Gasteiger partial charge in [-0.2, -0.15) is 0 Å². The summed E-state index contributed by atoms with van der Waals surface area (Å²) < 4.78 is 0. The highest BCUT2D eigenvalue weighted by Gasteiger charge is 2.16. The van der Waals surface area contributed by atoms with E-state index in [2.05, 4.69) is 52.1 Å². The average molecular weight is 239 g/mol. The van der Waals surface area contributed by atoms with Crippen LogP contribution in [0, 0.1) is 5.41 Å². The predicted octanol–water partition coefficient (Wildman–Crippen LogP) is 4.40. The molecule has 0 aliphatic heterocycles. The van der Waals surface area contributed by atoms with E-state index in [1.54, 1.807) is 0 Å². The van der Waals surface area contributed by atoms with Gasteiger partial charge in [0.05, 0.1) is 0 Å². The zero-order chi connectivity index (χ0) is 12.2. The Hall–Kier alpha value is -0.340. The molecule has 0 aliphatic rings. The summed E-state index contributed by atoms with van der Waals surface area (Å²) in [5, 5.41) is 3.64. The van der Waals surface area contributed by atoms with E-state index in [9.17, 15) is 0 Å². The maximum absolute atomic E-state index is 3.64. The van der Waals surface area contributed by atoms with E-state index in [0.717, 1.165) is 13.0 Å². The minimum absolute atomic E-state index is 0.402. The van der Waals surface area contributed by atoms with Crippen molar-refractivity contribution in [2.75, 3.05) is 6.54 Å². The number of rotatable bonds is 6. The molecule has 2 heteroatoms. The molecular weight excluding hydrogens is 214 g/mol. The summed E-state index contributed by atoms with van der Waals surface area (Å²) in [6.07, 6.45) is 2.37. The third-order valence-electron chi connectivity index (χ3n) is 3.30. The van der Waals surface area contributed by atoms with E-state index in [0.29, 0.717) is 11.5 Å². The van der Waals surface area contributed by atoms with Crippen LogP contribution in [0.2, 0.25) is 0 Å². The molecule has 92 valence electrons. The van der Waals surface area contributed by atoms with Crippen molar-refractivity contribution in [3.63, 3.8) is 0 Å². The molecule has 0 radical (unpaired) electrons. The van der Waals surface area contributed by atoms with Crippen molar-refractivity contribution >= 4 is 11.3 Å². The molecule has 0 spiro atoms. The zero-order valence-corrected chi connectivity index (χ0v) is 12.1. The van der Waals surface area contributed by atoms with Gasteiger partial charge < -0.3 is 5.32 Å². The molecule has 0 saturated carbocycles. The standard InChI is InChI=1S/C14H25NS/c1-6-12-8-9-13(16-12)11(3)15-10-14(4,5)7-2/h8-9,11,15H,6-7,10H2,1-5H3. The van der Waals surface area contributed by atoms with Crippen LogP contribution in [-0.4, -0.2) is 6.54 Å². The Labute approximate surface area is 104 Å². The number of hydrogen-bond acceptors (Lipinski definition) is 2. The predicted molar refractivity (Wildman–Crippen MR) is 74.2 cm³/mol. The average Bonchev–Trinajstić information content (AvgIpc) is 2.74. The van der Waals surface area contributed by atoms with Crippen LogP contribution in [0.3, 0.4) is 0 Å². The van der Waals surface area contributed by atoms with E-state index >= 15 is 0 Å². The Morgan fingerprint density at radius 2 is 2.00 bits per heavy atom. The molecule has 1 rings (SSSR count). The molecule has 0 aromatic carbocycles. The van der Waals surface area contributed by atoms with Gasteiger partial charge >= 0.3 is 0 Å². The maximum atomic E-state index is 3.64. The van der Waals surface area contributed by atoms with E-state index in [1.165, 1.54) is 16.2 Å². The highest BCUT2D eigenvalue weighted by atomic mass is 32.1. The molecule has 0 saturated heterocycles. The second-order valence-electron chi connectivity index (χ2n) is 5.28. The molecule has 0 amide bonds. The first kappa shape index (κ1) is 13.7. The molecular formula is C14H25NS. The van der Waals surface area contributed by atoms with E-state index < -0.39 is 0 Å². The van der Waals surface area contributed by atoms with Gasteiger partial charge in [-0.15, -0.1) is 11.3 Å². The Balaban J connectivity index is 2.49. The van der Waals surface area contributed by atoms with Crippen LogP contribution in [0.5, 0.6) is 0 Å². The van der Waals surface area contributed by atoms with Crippen LogP contribution >= 0.6 is 11.3 Å². The Morgan fingerprint density at radius 3 is 2.50 bits per heavy atom. The van der Waals surface area contributed by atoms with Crippen molar-refractivity contribution in [3.8, 4) is 0 Å². The van der Waals surface area contributed by atoms with Gasteiger partial charge in [-0.25, -0.2) is 0 Å². The van der Waals surface area contributed by atoms with Crippen molar-refractivity contribution in [3.05, 3.63) is 21.9 Å². The van der Waals surface area contributed by atoms with Crippen LogP contribution in [0.15, 0.2) is 12.1 Å². The lowest BCUT2D eigenvalue weighted by atomic mass is 9.90. The van der Waals surface area contributed by atoms with Gasteiger partial charge in [-0.1, -0.05) is 27.7 Å². The van der Waals surface area contributed by atoms with Gasteiger partial charge in [0, 0.05) is 22.3 Å². The fraction of sp³-hybridized carbons (Fsp3) is 0.714. The van der Waals surface area contributed by atoms with Crippen molar-refractivity contribution in [1.29, 1.82) is 0 Å². The Bertz CT molecular complexity index is 314. The topological polar surface area (TPSA) is 12.0 Å². The maximum Gasteiger partial charge on any atom is 0.0386 e. The van der Waals surface area contributed by atoms with Crippen molar-refractivity contribution in [1.82, 2.24) is 5.32 Å². The fourth-order valence-corrected chi connectivity index (χ4v) is 2.45. The molecule has 1 heterocycles. The van der Waals surface area contributed by atoms with E-state index in [-0.39, 0.29) is 0 Å². The van der Waals surface area contributed by atoms with E-state index in [4.69, 9.17) is 0 Å². The summed E-state index contributed by atoms with van der Waals surface area (Å²) in [7, 11) is 0. The second kappa shape index (κ2) is 5.83. The molecule has 0 bridgehead atoms. The number of hydrogen-bond donors (Lipinski definition) is 1. The fourth-order valence-electron chi connectivity index (χ4n) is 1.47. The summed E-state index contributed by atoms with van der Waals surface area (Å²) in [4.78, 5) is 2.95. The first-order valence-corrected chi connectivity index (χ1v) is 7.12. The van der Waals surface area contributed by atoms with Crippen molar-refractivity contribution in [2.24, 2.45) is 5.41 Å². The summed E-state index contributed by atoms with van der Waals surface area (Å²) >= 11 is 1.94. The van der Waals surface area contributed by atoms with E-state index in [1.807, 2.05) is 11.3 Å². The monoisotopic (exact) mass is 239 g/mol. The van der Waals surface area contributed by atoms with Crippen LogP contribution in [0.4, 0.5) is 0 Å². The summed E-state index contributed by atoms with van der Waals surface area (Å²) in [5.41, 5.74) is 0.402. The smallest absolute Gasteiger partial charge is 0.0386 e. The quantitative estimate of drug-likeness (QED) is 0.776. The van der Waals surface area contributed by atoms with Gasteiger partial charge in [0.1, 0.15) is 0 Å². The molecule has 1 unspecified atom stereocenters. The lowest BCUT2D eigenvalue weighted by Gasteiger charge is -2.25. The van der Waals surface area contributed by atoms with Gasteiger partial charge in [-0.3, -0.25) is 0 Å². The Morgan fingerprint density at radius 1 is 1.31 bits per heavy atom. The molecule has 0 aliphatic carbocycles. The lowest BCUT2D eigenvalue weighted by Crippen LogP contribution is -2.30. The summed E-state index contributed by atoms with van der Waals surface area (Å²) in [6.45, 7) is 12.5. The number of nitrogens with one attached hydrogen (secondary N) is 1. The minimum Gasteiger partial charge on any atom is -0.309 e. The molecule has 0 fully saturated rings. The van der Waals surface area contributed by atoms with Crippen molar-refractivity contribution in [2.45, 2.75) is 53.5 Å². The lowest BCUT2D eigenvalue weighted by molar-refractivity contribution is 0.315. The third kappa shape index (κ3) is 3.91. The SMILES string of the molecule is CCc1ccc(C(C)NCC(C)(C)CC)s1. The van der Waals surface area contributed by atoms with Crippen LogP contribution in [0.1, 0.15) is 56.8 Å². The first-order valence-electron chi connectivity index (χ1n) is 6.30. The zero-order valence-electron chi connectivity index (χ0n) is 11.3. The largest absolute Gasteiger partial charge is 0.309 e. The van der Waals surface area contributed by atoms with Crippen LogP contribution in [0.25, 0.3) is 0 Å². The molecule has 1 atom stereocenters. The minimum atomic E-state index is 0.402. The summed E-state index contributed by atoms with van der Waals surface area (Å²) in [6, 6.07) is 5.00. The number of thiophene rings is 1. The highest BCUT2D eigenvalue weighted by molar-refractivity contribution is 7.12. The van der Waals surface area contributed by atoms with Gasteiger partial charge in [0.15, 0.2) is 0 Å². The third-order valence-corrected chi connectivity index (χ3v) is 4.71. The molecule has 1 aromatic heterocycles. The van der Waals surface area contributed by atoms with Crippen molar-refractivity contribution < 1.29 is 0 Å². The second-order valence-corrected chi connectivity index (χ2v) is 6.48. The first-order chi connectivity index (χ1) is 7.48. The highest BCUT2D eigenvalue weighted by Crippen LogP contribution is 2.25. The van der Waals surface area contributed by atoms with Gasteiger partial charge in [0.2, 0.25) is 0 Å². The van der Waals surface area contributed by atoms with Gasteiger partial charge in [0.25, 0.3) is 0 Å². The molecule has 1 N–H and O–H groups in total. The molecule has 1 aromatic rings. The normalized spacial score (nSPS) is 14.1. The number of aryl methyl sites for hydroxylation is 1. The van der Waals surface area contributed by atoms with Crippen LogP contribution < -0.4 is 5.32 Å². The van der Waals surface area contributed by atoms with Gasteiger partial charge in [-0.05, 0) is 37.3 Å².